The Morgan fingerprint density at radius 2 is 1.84 bits per heavy atom. The topological polar surface area (TPSA) is 37.0 Å². The molecule has 4 heteroatoms. The molecule has 2 rings (SSSR count). The Kier molecular flexibility index (Phi) is 5.37. The van der Waals surface area contributed by atoms with Crippen molar-refractivity contribution >= 4 is 23.1 Å². The van der Waals surface area contributed by atoms with Gasteiger partial charge in [-0.25, -0.2) is 0 Å². The Morgan fingerprint density at radius 1 is 1.16 bits per heavy atom. The van der Waals surface area contributed by atoms with Gasteiger partial charge in [0.1, 0.15) is 0 Å². The van der Waals surface area contributed by atoms with E-state index in [1.165, 1.54) is 32.1 Å². The Bertz CT molecular complexity index is 389. The van der Waals surface area contributed by atoms with Gasteiger partial charge in [0.05, 0.1) is 23.8 Å². The van der Waals surface area contributed by atoms with E-state index in [9.17, 15) is 0 Å². The summed E-state index contributed by atoms with van der Waals surface area (Å²) < 4.78 is 0.423. The van der Waals surface area contributed by atoms with Crippen molar-refractivity contribution in [2.24, 2.45) is 0 Å². The third-order valence-corrected chi connectivity index (χ3v) is 5.35. The molecule has 1 saturated carbocycles. The highest BCUT2D eigenvalue weighted by molar-refractivity contribution is 8.00. The Labute approximate surface area is 121 Å². The molecule has 0 bridgehead atoms. The number of pyridine rings is 1. The molecular weight excluding hydrogens is 254 g/mol. The number of nitrogens with one attached hydrogen (secondary N) is 2. The highest BCUT2D eigenvalue weighted by Crippen LogP contribution is 2.38. The van der Waals surface area contributed by atoms with Crippen molar-refractivity contribution in [1.29, 1.82) is 0 Å². The summed E-state index contributed by atoms with van der Waals surface area (Å²) in [6.45, 7) is 4.08. The molecule has 1 aromatic heterocycles. The molecule has 2 N–H and O–H groups in total. The maximum atomic E-state index is 4.28. The van der Waals surface area contributed by atoms with Crippen LogP contribution in [0.4, 0.5) is 11.4 Å². The van der Waals surface area contributed by atoms with Crippen molar-refractivity contribution in [2.75, 3.05) is 30.0 Å². The van der Waals surface area contributed by atoms with E-state index in [2.05, 4.69) is 34.9 Å². The standard InChI is InChI=1S/C15H25N3S/c1-3-17-13-9-14(11-16-10-13)18-12-15(19-2)7-5-4-6-8-15/h9-11,17-18H,3-8,12H2,1-2H3. The third kappa shape index (κ3) is 4.03. The Morgan fingerprint density at radius 3 is 2.47 bits per heavy atom. The molecule has 0 radical (unpaired) electrons. The predicted octanol–water partition coefficient (Wildman–Crippen LogP) is 3.99. The molecule has 0 spiro atoms. The SMILES string of the molecule is CCNc1cncc(NCC2(SC)CCCCC2)c1. The van der Waals surface area contributed by atoms with E-state index in [0.717, 1.165) is 24.5 Å². The summed E-state index contributed by atoms with van der Waals surface area (Å²) in [5.41, 5.74) is 2.21. The van der Waals surface area contributed by atoms with Crippen molar-refractivity contribution in [3.8, 4) is 0 Å². The molecule has 1 aromatic rings. The fourth-order valence-electron chi connectivity index (χ4n) is 2.75. The quantitative estimate of drug-likeness (QED) is 0.825. The van der Waals surface area contributed by atoms with E-state index in [0.29, 0.717) is 4.75 Å². The lowest BCUT2D eigenvalue weighted by Crippen LogP contribution is -2.35. The number of anilines is 2. The van der Waals surface area contributed by atoms with Crippen LogP contribution in [-0.2, 0) is 0 Å². The third-order valence-electron chi connectivity index (χ3n) is 3.93. The molecule has 0 amide bonds. The van der Waals surface area contributed by atoms with Gasteiger partial charge in [-0.1, -0.05) is 19.3 Å². The summed E-state index contributed by atoms with van der Waals surface area (Å²) in [4.78, 5) is 4.28. The van der Waals surface area contributed by atoms with Crippen LogP contribution in [0.5, 0.6) is 0 Å². The number of nitrogens with zero attached hydrogens (tertiary/aromatic N) is 1. The van der Waals surface area contributed by atoms with Crippen LogP contribution in [0.3, 0.4) is 0 Å². The normalized spacial score (nSPS) is 18.0. The number of aromatic nitrogens is 1. The molecule has 0 aromatic carbocycles. The second kappa shape index (κ2) is 7.04. The van der Waals surface area contributed by atoms with Gasteiger partial charge in [0.25, 0.3) is 0 Å². The molecule has 1 aliphatic rings. The molecular formula is C15H25N3S. The Hall–Kier alpha value is -0.900. The molecule has 0 atom stereocenters. The van der Waals surface area contributed by atoms with Crippen LogP contribution in [0.25, 0.3) is 0 Å². The van der Waals surface area contributed by atoms with Crippen LogP contribution in [0.1, 0.15) is 39.0 Å². The highest BCUT2D eigenvalue weighted by Gasteiger charge is 2.30. The first kappa shape index (κ1) is 14.5. The zero-order valence-corrected chi connectivity index (χ0v) is 12.9. The van der Waals surface area contributed by atoms with E-state index in [-0.39, 0.29) is 0 Å². The van der Waals surface area contributed by atoms with Gasteiger partial charge >= 0.3 is 0 Å². The lowest BCUT2D eigenvalue weighted by Gasteiger charge is -2.36. The summed E-state index contributed by atoms with van der Waals surface area (Å²) in [5.74, 6) is 0. The van der Waals surface area contributed by atoms with Gasteiger partial charge in [-0.15, -0.1) is 0 Å². The average molecular weight is 279 g/mol. The Balaban J connectivity index is 1.94. The number of hydrogen-bond acceptors (Lipinski definition) is 4. The summed E-state index contributed by atoms with van der Waals surface area (Å²) in [6, 6.07) is 2.15. The van der Waals surface area contributed by atoms with Crippen LogP contribution in [0, 0.1) is 0 Å². The molecule has 1 fully saturated rings. The van der Waals surface area contributed by atoms with Crippen LogP contribution >= 0.6 is 11.8 Å². The van der Waals surface area contributed by atoms with Crippen molar-refractivity contribution in [3.63, 3.8) is 0 Å². The molecule has 0 unspecified atom stereocenters. The van der Waals surface area contributed by atoms with Gasteiger partial charge < -0.3 is 10.6 Å². The maximum absolute atomic E-state index is 4.28. The zero-order valence-electron chi connectivity index (χ0n) is 12.0. The van der Waals surface area contributed by atoms with E-state index in [1.807, 2.05) is 24.2 Å². The van der Waals surface area contributed by atoms with Crippen molar-refractivity contribution < 1.29 is 0 Å². The van der Waals surface area contributed by atoms with Gasteiger partial charge in [-0.05, 0) is 32.1 Å². The molecule has 1 aliphatic carbocycles. The summed E-state index contributed by atoms with van der Waals surface area (Å²) in [6.07, 6.45) is 12.9. The lowest BCUT2D eigenvalue weighted by molar-refractivity contribution is 0.411. The van der Waals surface area contributed by atoms with Crippen molar-refractivity contribution in [2.45, 2.75) is 43.8 Å². The smallest absolute Gasteiger partial charge is 0.0547 e. The largest absolute Gasteiger partial charge is 0.384 e. The van der Waals surface area contributed by atoms with Crippen molar-refractivity contribution in [3.05, 3.63) is 18.5 Å². The van der Waals surface area contributed by atoms with Gasteiger partial charge in [0, 0.05) is 17.8 Å². The monoisotopic (exact) mass is 279 g/mol. The molecule has 0 saturated heterocycles. The van der Waals surface area contributed by atoms with Crippen LogP contribution in [0.2, 0.25) is 0 Å². The summed E-state index contributed by atoms with van der Waals surface area (Å²) in [5, 5.41) is 6.88. The van der Waals surface area contributed by atoms with Crippen LogP contribution in [0.15, 0.2) is 18.5 Å². The first-order valence-corrected chi connectivity index (χ1v) is 8.48. The van der Waals surface area contributed by atoms with Crippen LogP contribution < -0.4 is 10.6 Å². The molecule has 19 heavy (non-hydrogen) atoms. The first-order valence-electron chi connectivity index (χ1n) is 7.26. The minimum absolute atomic E-state index is 0.423. The average Bonchev–Trinajstić information content (AvgIpc) is 2.47. The minimum atomic E-state index is 0.423. The minimum Gasteiger partial charge on any atom is -0.384 e. The van der Waals surface area contributed by atoms with Gasteiger partial charge in [-0.2, -0.15) is 11.8 Å². The van der Waals surface area contributed by atoms with E-state index < -0.39 is 0 Å². The summed E-state index contributed by atoms with van der Waals surface area (Å²) >= 11 is 2.03. The predicted molar refractivity (Wildman–Crippen MR) is 86.2 cm³/mol. The molecule has 1 heterocycles. The highest BCUT2D eigenvalue weighted by atomic mass is 32.2. The van der Waals surface area contributed by atoms with E-state index in [4.69, 9.17) is 0 Å². The lowest BCUT2D eigenvalue weighted by atomic mass is 9.88. The fourth-order valence-corrected chi connectivity index (χ4v) is 3.66. The van der Waals surface area contributed by atoms with Crippen LogP contribution in [-0.4, -0.2) is 29.1 Å². The number of hydrogen-bond donors (Lipinski definition) is 2. The second-order valence-electron chi connectivity index (χ2n) is 5.29. The molecule has 0 aliphatic heterocycles. The van der Waals surface area contributed by atoms with Gasteiger partial charge in [0.2, 0.25) is 0 Å². The first-order chi connectivity index (χ1) is 9.28. The fraction of sp³-hybridized carbons (Fsp3) is 0.667. The summed E-state index contributed by atoms with van der Waals surface area (Å²) in [7, 11) is 0. The second-order valence-corrected chi connectivity index (χ2v) is 6.57. The maximum Gasteiger partial charge on any atom is 0.0547 e. The van der Waals surface area contributed by atoms with E-state index >= 15 is 0 Å². The van der Waals surface area contributed by atoms with Crippen molar-refractivity contribution in [1.82, 2.24) is 4.98 Å². The van der Waals surface area contributed by atoms with E-state index in [1.54, 1.807) is 0 Å². The molecule has 106 valence electrons. The van der Waals surface area contributed by atoms with Gasteiger partial charge in [-0.3, -0.25) is 4.98 Å². The zero-order chi connectivity index (χ0) is 13.6. The number of thioether (sulfide) groups is 1. The van der Waals surface area contributed by atoms with Gasteiger partial charge in [0.15, 0.2) is 0 Å². The number of rotatable bonds is 6. The molecule has 3 nitrogen and oxygen atoms in total.